The van der Waals surface area contributed by atoms with Gasteiger partial charge in [-0.3, -0.25) is 9.89 Å². The first kappa shape index (κ1) is 15.7. The molecule has 5 heteroatoms. The van der Waals surface area contributed by atoms with E-state index in [4.69, 9.17) is 0 Å². The number of hydrogen-bond acceptors (Lipinski definition) is 2. The largest absolute Gasteiger partial charge is 0.350 e. The highest BCUT2D eigenvalue weighted by molar-refractivity contribution is 5.93. The van der Waals surface area contributed by atoms with Gasteiger partial charge in [-0.1, -0.05) is 19.3 Å². The number of nitrogens with zero attached hydrogens (tertiary/aromatic N) is 1. The lowest BCUT2D eigenvalue weighted by Crippen LogP contribution is -2.30. The molecular weight excluding hydrogens is 293 g/mol. The Balaban J connectivity index is 1.64. The molecule has 1 aromatic heterocycles. The second kappa shape index (κ2) is 6.94. The molecular formula is C18H22FN3O. The predicted octanol–water partition coefficient (Wildman–Crippen LogP) is 3.83. The maximum absolute atomic E-state index is 13.5. The molecule has 4 nitrogen and oxygen atoms in total. The van der Waals surface area contributed by atoms with Crippen LogP contribution in [0.2, 0.25) is 0 Å². The number of carbonyl (C=O) groups excluding carboxylic acids is 1. The summed E-state index contributed by atoms with van der Waals surface area (Å²) in [6, 6.07) is 6.41. The van der Waals surface area contributed by atoms with Gasteiger partial charge in [0.1, 0.15) is 11.5 Å². The van der Waals surface area contributed by atoms with Crippen LogP contribution in [-0.4, -0.2) is 22.6 Å². The highest BCUT2D eigenvalue weighted by atomic mass is 19.1. The van der Waals surface area contributed by atoms with Crippen molar-refractivity contribution in [3.8, 4) is 11.3 Å². The summed E-state index contributed by atoms with van der Waals surface area (Å²) in [7, 11) is 0. The Kier molecular flexibility index (Phi) is 4.74. The van der Waals surface area contributed by atoms with Crippen molar-refractivity contribution < 1.29 is 9.18 Å². The number of rotatable bonds is 4. The third kappa shape index (κ3) is 3.97. The average Bonchev–Trinajstić information content (AvgIpc) is 3.03. The fourth-order valence-electron chi connectivity index (χ4n) is 3.19. The van der Waals surface area contributed by atoms with Gasteiger partial charge in [-0.15, -0.1) is 0 Å². The number of aromatic amines is 1. The second-order valence-corrected chi connectivity index (χ2v) is 6.40. The highest BCUT2D eigenvalue weighted by Gasteiger charge is 2.16. The molecule has 23 heavy (non-hydrogen) atoms. The van der Waals surface area contributed by atoms with Crippen molar-refractivity contribution in [3.63, 3.8) is 0 Å². The van der Waals surface area contributed by atoms with Crippen molar-refractivity contribution in [1.82, 2.24) is 15.5 Å². The zero-order valence-corrected chi connectivity index (χ0v) is 13.4. The van der Waals surface area contributed by atoms with Gasteiger partial charge in [0.05, 0.1) is 5.69 Å². The van der Waals surface area contributed by atoms with Crippen LogP contribution in [0, 0.1) is 18.7 Å². The van der Waals surface area contributed by atoms with Gasteiger partial charge in [0.25, 0.3) is 5.91 Å². The normalized spacial score (nSPS) is 15.6. The Morgan fingerprint density at radius 2 is 2.04 bits per heavy atom. The molecule has 1 amide bonds. The summed E-state index contributed by atoms with van der Waals surface area (Å²) in [5.41, 5.74) is 2.49. The smallest absolute Gasteiger partial charge is 0.269 e. The van der Waals surface area contributed by atoms with Gasteiger partial charge in [-0.2, -0.15) is 5.10 Å². The van der Waals surface area contributed by atoms with Gasteiger partial charge in [0.15, 0.2) is 0 Å². The Bertz CT molecular complexity index is 669. The van der Waals surface area contributed by atoms with Crippen molar-refractivity contribution in [3.05, 3.63) is 41.3 Å². The number of carbonyl (C=O) groups is 1. The van der Waals surface area contributed by atoms with Crippen LogP contribution in [0.25, 0.3) is 11.3 Å². The molecule has 1 heterocycles. The zero-order chi connectivity index (χ0) is 16.2. The fraction of sp³-hybridized carbons (Fsp3) is 0.444. The topological polar surface area (TPSA) is 57.8 Å². The zero-order valence-electron chi connectivity index (χ0n) is 13.4. The van der Waals surface area contributed by atoms with Crippen molar-refractivity contribution in [2.45, 2.75) is 39.0 Å². The summed E-state index contributed by atoms with van der Waals surface area (Å²) in [6.45, 7) is 2.54. The van der Waals surface area contributed by atoms with Crippen LogP contribution in [0.4, 0.5) is 4.39 Å². The summed E-state index contributed by atoms with van der Waals surface area (Å²) in [6.07, 6.45) is 6.21. The maximum Gasteiger partial charge on any atom is 0.269 e. The van der Waals surface area contributed by atoms with Gasteiger partial charge < -0.3 is 5.32 Å². The lowest BCUT2D eigenvalue weighted by atomic mass is 9.89. The number of nitrogens with one attached hydrogen (secondary N) is 2. The van der Waals surface area contributed by atoms with Crippen LogP contribution < -0.4 is 5.32 Å². The lowest BCUT2D eigenvalue weighted by molar-refractivity contribution is 0.0938. The summed E-state index contributed by atoms with van der Waals surface area (Å²) in [4.78, 5) is 12.2. The number of halogens is 1. The van der Waals surface area contributed by atoms with Gasteiger partial charge in [0, 0.05) is 12.1 Å². The van der Waals surface area contributed by atoms with Crippen LogP contribution in [0.1, 0.15) is 48.2 Å². The van der Waals surface area contributed by atoms with Gasteiger partial charge in [0.2, 0.25) is 0 Å². The predicted molar refractivity (Wildman–Crippen MR) is 87.6 cm³/mol. The van der Waals surface area contributed by atoms with E-state index in [0.717, 1.165) is 5.56 Å². The third-order valence-corrected chi connectivity index (χ3v) is 4.44. The molecule has 1 fully saturated rings. The van der Waals surface area contributed by atoms with Crippen LogP contribution >= 0.6 is 0 Å². The van der Waals surface area contributed by atoms with E-state index >= 15 is 0 Å². The van der Waals surface area contributed by atoms with Crippen molar-refractivity contribution >= 4 is 5.91 Å². The average molecular weight is 315 g/mol. The molecule has 0 atom stereocenters. The van der Waals surface area contributed by atoms with Gasteiger partial charge >= 0.3 is 0 Å². The van der Waals surface area contributed by atoms with Crippen molar-refractivity contribution in [1.29, 1.82) is 0 Å². The first-order chi connectivity index (χ1) is 11.1. The van der Waals surface area contributed by atoms with Crippen LogP contribution in [-0.2, 0) is 0 Å². The van der Waals surface area contributed by atoms with E-state index in [0.29, 0.717) is 29.4 Å². The number of hydrogen-bond donors (Lipinski definition) is 2. The molecule has 122 valence electrons. The number of H-pyrrole nitrogens is 1. The Morgan fingerprint density at radius 3 is 2.78 bits per heavy atom. The molecule has 1 aliphatic rings. The van der Waals surface area contributed by atoms with Gasteiger partial charge in [-0.05, 0) is 55.5 Å². The summed E-state index contributed by atoms with van der Waals surface area (Å²) in [5.74, 6) is 0.134. The van der Waals surface area contributed by atoms with Crippen molar-refractivity contribution in [2.24, 2.45) is 5.92 Å². The molecule has 2 N–H and O–H groups in total. The number of aromatic nitrogens is 2. The minimum atomic E-state index is -0.300. The van der Waals surface area contributed by atoms with E-state index in [9.17, 15) is 9.18 Å². The van der Waals surface area contributed by atoms with Gasteiger partial charge in [-0.25, -0.2) is 4.39 Å². The molecule has 0 spiro atoms. The highest BCUT2D eigenvalue weighted by Crippen LogP contribution is 2.23. The molecule has 0 bridgehead atoms. The molecule has 3 rings (SSSR count). The molecule has 1 aromatic carbocycles. The third-order valence-electron chi connectivity index (χ3n) is 4.44. The Hall–Kier alpha value is -2.17. The SMILES string of the molecule is Cc1cc(F)cc(-c2cc(C(=O)NCC3CCCCC3)[nH]n2)c1. The van der Waals surface area contributed by atoms with Crippen LogP contribution in [0.3, 0.4) is 0 Å². The molecule has 2 aromatic rings. The Labute approximate surface area is 135 Å². The van der Waals surface area contributed by atoms with E-state index in [1.165, 1.54) is 44.2 Å². The van der Waals surface area contributed by atoms with E-state index in [1.54, 1.807) is 6.07 Å². The lowest BCUT2D eigenvalue weighted by Gasteiger charge is -2.21. The molecule has 1 aliphatic carbocycles. The summed E-state index contributed by atoms with van der Waals surface area (Å²) in [5, 5.41) is 9.85. The fourth-order valence-corrected chi connectivity index (χ4v) is 3.19. The summed E-state index contributed by atoms with van der Waals surface area (Å²) < 4.78 is 13.5. The van der Waals surface area contributed by atoms with E-state index in [1.807, 2.05) is 13.0 Å². The minimum Gasteiger partial charge on any atom is -0.350 e. The number of amides is 1. The molecule has 0 unspecified atom stereocenters. The van der Waals surface area contributed by atoms with Crippen molar-refractivity contribution in [2.75, 3.05) is 6.54 Å². The quantitative estimate of drug-likeness (QED) is 0.901. The molecule has 0 aliphatic heterocycles. The maximum atomic E-state index is 13.5. The second-order valence-electron chi connectivity index (χ2n) is 6.40. The van der Waals surface area contributed by atoms with Crippen LogP contribution in [0.5, 0.6) is 0 Å². The first-order valence-electron chi connectivity index (χ1n) is 8.23. The van der Waals surface area contributed by atoms with E-state index in [2.05, 4.69) is 15.5 Å². The first-order valence-corrected chi connectivity index (χ1v) is 8.23. The molecule has 1 saturated carbocycles. The van der Waals surface area contributed by atoms with E-state index in [-0.39, 0.29) is 11.7 Å². The standard InChI is InChI=1S/C18H22FN3O/c1-12-7-14(9-15(19)8-12)16-10-17(22-21-16)18(23)20-11-13-5-3-2-4-6-13/h7-10,13H,2-6,11H2,1H3,(H,20,23)(H,21,22). The van der Waals surface area contributed by atoms with Crippen LogP contribution in [0.15, 0.2) is 24.3 Å². The number of benzene rings is 1. The number of aryl methyl sites for hydroxylation is 1. The monoisotopic (exact) mass is 315 g/mol. The Morgan fingerprint density at radius 1 is 1.26 bits per heavy atom. The van der Waals surface area contributed by atoms with E-state index < -0.39 is 0 Å². The summed E-state index contributed by atoms with van der Waals surface area (Å²) >= 11 is 0. The molecule has 0 saturated heterocycles. The minimum absolute atomic E-state index is 0.151. The molecule has 0 radical (unpaired) electrons.